The lowest BCUT2D eigenvalue weighted by Gasteiger charge is -2.32. The first-order valence-electron chi connectivity index (χ1n) is 8.01. The summed E-state index contributed by atoms with van der Waals surface area (Å²) in [6.07, 6.45) is -0.758. The summed E-state index contributed by atoms with van der Waals surface area (Å²) in [5.41, 5.74) is 6.39. The van der Waals surface area contributed by atoms with Crippen molar-refractivity contribution in [1.82, 2.24) is 19.5 Å². The number of phosphoric acid groups is 1. The number of hydrogen-bond acceptors (Lipinski definition) is 10. The molecule has 1 aliphatic rings. The summed E-state index contributed by atoms with van der Waals surface area (Å²) in [6, 6.07) is 0. The van der Waals surface area contributed by atoms with Crippen LogP contribution in [0.2, 0.25) is 0 Å². The van der Waals surface area contributed by atoms with Gasteiger partial charge in [-0.2, -0.15) is 0 Å². The van der Waals surface area contributed by atoms with E-state index in [1.807, 2.05) is 6.92 Å². The molecular formula is C13H20N5O7PS. The lowest BCUT2D eigenvalue weighted by molar-refractivity contribution is -0.0768. The number of rotatable bonds is 7. The van der Waals surface area contributed by atoms with Crippen LogP contribution in [-0.2, 0) is 18.9 Å². The molecule has 150 valence electrons. The van der Waals surface area contributed by atoms with Crippen molar-refractivity contribution in [3.05, 3.63) is 12.7 Å². The number of thioether (sulfide) groups is 1. The summed E-state index contributed by atoms with van der Waals surface area (Å²) in [5, 5.41) is 19.6. The van der Waals surface area contributed by atoms with Gasteiger partial charge in [-0.05, 0) is 12.2 Å². The van der Waals surface area contributed by atoms with Gasteiger partial charge in [-0.1, -0.05) is 6.92 Å². The molecule has 0 aromatic carbocycles. The van der Waals surface area contributed by atoms with Gasteiger partial charge in [0.2, 0.25) is 5.06 Å². The molecule has 1 aliphatic heterocycles. The first-order valence-corrected chi connectivity index (χ1v) is 10.5. The molecule has 1 saturated heterocycles. The number of nitrogen functional groups attached to an aromatic ring is 1. The Kier molecular flexibility index (Phi) is 5.75. The Hall–Kier alpha value is -1.31. The van der Waals surface area contributed by atoms with Crippen LogP contribution < -0.4 is 5.73 Å². The van der Waals surface area contributed by atoms with Crippen LogP contribution in [-0.4, -0.2) is 70.2 Å². The Labute approximate surface area is 158 Å². The zero-order valence-electron chi connectivity index (χ0n) is 14.2. The van der Waals surface area contributed by atoms with Gasteiger partial charge in [-0.15, -0.1) is 11.8 Å². The summed E-state index contributed by atoms with van der Waals surface area (Å²) in [4.78, 5) is 29.9. The van der Waals surface area contributed by atoms with E-state index >= 15 is 0 Å². The molecule has 0 spiro atoms. The highest BCUT2D eigenvalue weighted by molar-refractivity contribution is 7.99. The molecule has 12 nitrogen and oxygen atoms in total. The van der Waals surface area contributed by atoms with Crippen molar-refractivity contribution in [2.45, 2.75) is 36.7 Å². The van der Waals surface area contributed by atoms with Crippen LogP contribution in [0, 0.1) is 0 Å². The maximum Gasteiger partial charge on any atom is 0.469 e. The fourth-order valence-corrected chi connectivity index (χ4v) is 4.41. The third-order valence-corrected chi connectivity index (χ3v) is 6.06. The van der Waals surface area contributed by atoms with Crippen LogP contribution >= 0.6 is 19.6 Å². The van der Waals surface area contributed by atoms with Crippen LogP contribution in [0.4, 0.5) is 5.82 Å². The summed E-state index contributed by atoms with van der Waals surface area (Å²) in [7, 11) is -4.77. The summed E-state index contributed by atoms with van der Waals surface area (Å²) < 4.78 is 22.7. The molecule has 0 radical (unpaired) electrons. The lowest BCUT2D eigenvalue weighted by Crippen LogP contribution is -2.43. The Bertz CT molecular complexity index is 863. The lowest BCUT2D eigenvalue weighted by atomic mass is 10.1. The second-order valence-electron chi connectivity index (χ2n) is 5.90. The molecule has 3 rings (SSSR count). The predicted octanol–water partition coefficient (Wildman–Crippen LogP) is -0.608. The Morgan fingerprint density at radius 3 is 2.81 bits per heavy atom. The van der Waals surface area contributed by atoms with E-state index < -0.39 is 37.8 Å². The fraction of sp³-hybridized carbons (Fsp3) is 0.615. The number of fused-ring (bicyclic) bond motifs is 1. The van der Waals surface area contributed by atoms with Crippen LogP contribution in [0.25, 0.3) is 11.2 Å². The standard InChI is InChI=1S/C13H20N5O7PS/c1-2-3-27-13(18-6-17-8-11(14)15-5-16-12(8)18)10(20)9(19)7(25-13)4-24-26(21,22)23/h5-7,9-10,19-20H,2-4H2,1H3,(H2,14,15,16)(H2,21,22,23)/t7-,9-,10-,13+/m1/s1. The number of aliphatic hydroxyl groups is 2. The zero-order valence-corrected chi connectivity index (χ0v) is 16.0. The van der Waals surface area contributed by atoms with E-state index in [0.29, 0.717) is 11.3 Å². The minimum atomic E-state index is -4.77. The summed E-state index contributed by atoms with van der Waals surface area (Å²) in [5.74, 6) is 0.694. The number of ether oxygens (including phenoxy) is 1. The zero-order chi connectivity index (χ0) is 19.8. The average Bonchev–Trinajstić information content (AvgIpc) is 3.14. The first-order chi connectivity index (χ1) is 12.7. The van der Waals surface area contributed by atoms with Crippen molar-refractivity contribution < 1.29 is 33.8 Å². The third kappa shape index (κ3) is 3.82. The van der Waals surface area contributed by atoms with Gasteiger partial charge in [0, 0.05) is 0 Å². The highest BCUT2D eigenvalue weighted by atomic mass is 32.2. The molecule has 0 saturated carbocycles. The molecule has 2 aromatic rings. The second-order valence-corrected chi connectivity index (χ2v) is 8.42. The van der Waals surface area contributed by atoms with Crippen molar-refractivity contribution in [3.8, 4) is 0 Å². The molecule has 2 aromatic heterocycles. The number of aromatic nitrogens is 4. The average molecular weight is 421 g/mol. The number of anilines is 1. The van der Waals surface area contributed by atoms with E-state index in [1.54, 1.807) is 0 Å². The van der Waals surface area contributed by atoms with E-state index in [9.17, 15) is 14.8 Å². The first kappa shape index (κ1) is 20.4. The van der Waals surface area contributed by atoms with E-state index in [-0.39, 0.29) is 11.5 Å². The number of imidazole rings is 1. The van der Waals surface area contributed by atoms with Crippen molar-refractivity contribution in [3.63, 3.8) is 0 Å². The monoisotopic (exact) mass is 421 g/mol. The van der Waals surface area contributed by atoms with Gasteiger partial charge in [0.1, 0.15) is 36.5 Å². The van der Waals surface area contributed by atoms with Crippen LogP contribution in [0.1, 0.15) is 13.3 Å². The number of nitrogens with two attached hydrogens (primary N) is 1. The molecule has 0 aliphatic carbocycles. The van der Waals surface area contributed by atoms with Crippen molar-refractivity contribution in [1.29, 1.82) is 0 Å². The summed E-state index contributed by atoms with van der Waals surface area (Å²) >= 11 is 1.20. The van der Waals surface area contributed by atoms with Crippen LogP contribution in [0.5, 0.6) is 0 Å². The summed E-state index contributed by atoms with van der Waals surface area (Å²) in [6.45, 7) is 1.32. The number of phosphoric ester groups is 1. The quantitative estimate of drug-likeness (QED) is 0.358. The molecule has 6 N–H and O–H groups in total. The van der Waals surface area contributed by atoms with Crippen molar-refractivity contribution in [2.75, 3.05) is 18.1 Å². The molecule has 0 bridgehead atoms. The predicted molar refractivity (Wildman–Crippen MR) is 95.3 cm³/mol. The van der Waals surface area contributed by atoms with E-state index in [0.717, 1.165) is 6.42 Å². The largest absolute Gasteiger partial charge is 0.469 e. The molecule has 1 fully saturated rings. The maximum atomic E-state index is 11.0. The molecule has 27 heavy (non-hydrogen) atoms. The highest BCUT2D eigenvalue weighted by Gasteiger charge is 2.57. The Morgan fingerprint density at radius 2 is 2.15 bits per heavy atom. The Balaban J connectivity index is 2.02. The molecule has 3 heterocycles. The second kappa shape index (κ2) is 7.60. The molecule has 0 unspecified atom stereocenters. The van der Waals surface area contributed by atoms with Gasteiger partial charge in [0.05, 0.1) is 6.61 Å². The molecule has 4 atom stereocenters. The van der Waals surface area contributed by atoms with Crippen LogP contribution in [0.3, 0.4) is 0 Å². The SMILES string of the molecule is CCCS[C@@]1(n2cnc3c(N)ncnc32)O[C@H](COP(=O)(O)O)[C@@H](O)[C@H]1O. The highest BCUT2D eigenvalue weighted by Crippen LogP contribution is 2.47. The van der Waals surface area contributed by atoms with Crippen molar-refractivity contribution in [2.24, 2.45) is 0 Å². The number of nitrogens with zero attached hydrogens (tertiary/aromatic N) is 4. The number of hydrogen-bond donors (Lipinski definition) is 5. The van der Waals surface area contributed by atoms with Gasteiger partial charge in [0.15, 0.2) is 11.5 Å². The van der Waals surface area contributed by atoms with Crippen molar-refractivity contribution >= 4 is 36.6 Å². The smallest absolute Gasteiger partial charge is 0.387 e. The fourth-order valence-electron chi connectivity index (χ4n) is 2.80. The minimum absolute atomic E-state index is 0.142. The van der Waals surface area contributed by atoms with Gasteiger partial charge in [-0.3, -0.25) is 9.09 Å². The minimum Gasteiger partial charge on any atom is -0.387 e. The Morgan fingerprint density at radius 1 is 1.41 bits per heavy atom. The normalized spacial score (nSPS) is 28.9. The van der Waals surface area contributed by atoms with Gasteiger partial charge in [-0.25, -0.2) is 19.5 Å². The van der Waals surface area contributed by atoms with Gasteiger partial charge >= 0.3 is 7.82 Å². The van der Waals surface area contributed by atoms with E-state index in [4.69, 9.17) is 20.3 Å². The maximum absolute atomic E-state index is 11.0. The van der Waals surface area contributed by atoms with Gasteiger partial charge < -0.3 is 30.5 Å². The molecule has 14 heteroatoms. The van der Waals surface area contributed by atoms with E-state index in [2.05, 4.69) is 19.5 Å². The topological polar surface area (TPSA) is 186 Å². The molecular weight excluding hydrogens is 401 g/mol. The van der Waals surface area contributed by atoms with E-state index in [1.165, 1.54) is 29.0 Å². The van der Waals surface area contributed by atoms with Gasteiger partial charge in [0.25, 0.3) is 0 Å². The number of aliphatic hydroxyl groups excluding tert-OH is 2. The van der Waals surface area contributed by atoms with Crippen LogP contribution in [0.15, 0.2) is 12.7 Å². The third-order valence-electron chi connectivity index (χ3n) is 4.02. The molecule has 0 amide bonds.